The maximum atomic E-state index is 12.5. The number of nitrogens with zero attached hydrogens (tertiary/aromatic N) is 1. The van der Waals surface area contributed by atoms with E-state index in [4.69, 9.17) is 0 Å². The van der Waals surface area contributed by atoms with Crippen molar-refractivity contribution >= 4 is 23.4 Å². The Morgan fingerprint density at radius 1 is 1.15 bits per heavy atom. The summed E-state index contributed by atoms with van der Waals surface area (Å²) in [6.45, 7) is 2.69. The van der Waals surface area contributed by atoms with Crippen LogP contribution in [0.2, 0.25) is 0 Å². The van der Waals surface area contributed by atoms with Gasteiger partial charge in [0.2, 0.25) is 11.8 Å². The third-order valence-electron chi connectivity index (χ3n) is 4.72. The molecule has 1 saturated heterocycles. The van der Waals surface area contributed by atoms with Crippen molar-refractivity contribution in [2.45, 2.75) is 19.9 Å². The molecule has 0 bridgehead atoms. The third-order valence-corrected chi connectivity index (χ3v) is 4.72. The summed E-state index contributed by atoms with van der Waals surface area (Å²) in [5.74, 6) is -0.733. The first-order valence-electron chi connectivity index (χ1n) is 8.93. The minimum absolute atomic E-state index is 0.0411. The number of hydrogen-bond acceptors (Lipinski definition) is 3. The SMILES string of the molecule is CNC(=O)c1cccc(CNC(=O)C2CC(=O)N(c3ccc(C)cc3)C2)c1. The monoisotopic (exact) mass is 365 g/mol. The molecule has 0 spiro atoms. The van der Waals surface area contributed by atoms with Gasteiger partial charge in [0.25, 0.3) is 5.91 Å². The molecular weight excluding hydrogens is 342 g/mol. The number of hydrogen-bond donors (Lipinski definition) is 2. The topological polar surface area (TPSA) is 78.5 Å². The fourth-order valence-corrected chi connectivity index (χ4v) is 3.16. The van der Waals surface area contributed by atoms with Crippen molar-refractivity contribution < 1.29 is 14.4 Å². The molecule has 2 N–H and O–H groups in total. The van der Waals surface area contributed by atoms with E-state index < -0.39 is 0 Å². The van der Waals surface area contributed by atoms with Crippen LogP contribution in [-0.2, 0) is 16.1 Å². The zero-order valence-electron chi connectivity index (χ0n) is 15.5. The largest absolute Gasteiger partial charge is 0.355 e. The number of carbonyl (C=O) groups excluding carboxylic acids is 3. The highest BCUT2D eigenvalue weighted by atomic mass is 16.2. The van der Waals surface area contributed by atoms with E-state index in [0.29, 0.717) is 18.7 Å². The van der Waals surface area contributed by atoms with Gasteiger partial charge in [-0.25, -0.2) is 0 Å². The summed E-state index contributed by atoms with van der Waals surface area (Å²) >= 11 is 0. The molecule has 1 unspecified atom stereocenters. The van der Waals surface area contributed by atoms with Gasteiger partial charge in [0.05, 0.1) is 5.92 Å². The summed E-state index contributed by atoms with van der Waals surface area (Å²) in [4.78, 5) is 38.2. The van der Waals surface area contributed by atoms with E-state index in [-0.39, 0.29) is 30.1 Å². The molecule has 6 nitrogen and oxygen atoms in total. The Morgan fingerprint density at radius 3 is 2.59 bits per heavy atom. The molecule has 6 heteroatoms. The Hall–Kier alpha value is -3.15. The summed E-state index contributed by atoms with van der Waals surface area (Å²) < 4.78 is 0. The number of benzene rings is 2. The van der Waals surface area contributed by atoms with Crippen molar-refractivity contribution in [2.75, 3.05) is 18.5 Å². The van der Waals surface area contributed by atoms with E-state index in [1.54, 1.807) is 30.1 Å². The lowest BCUT2D eigenvalue weighted by atomic mass is 10.1. The summed E-state index contributed by atoms with van der Waals surface area (Å²) in [7, 11) is 1.58. The van der Waals surface area contributed by atoms with Crippen molar-refractivity contribution in [2.24, 2.45) is 5.92 Å². The molecule has 2 aromatic carbocycles. The van der Waals surface area contributed by atoms with Crippen LogP contribution in [0.1, 0.15) is 27.9 Å². The quantitative estimate of drug-likeness (QED) is 0.851. The summed E-state index contributed by atoms with van der Waals surface area (Å²) in [5, 5.41) is 5.45. The molecule has 0 saturated carbocycles. The number of nitrogens with one attached hydrogen (secondary N) is 2. The number of aryl methyl sites for hydroxylation is 1. The Labute approximate surface area is 158 Å². The highest BCUT2D eigenvalue weighted by molar-refractivity contribution is 6.00. The average Bonchev–Trinajstić information content (AvgIpc) is 3.08. The van der Waals surface area contributed by atoms with E-state index in [9.17, 15) is 14.4 Å². The summed E-state index contributed by atoms with van der Waals surface area (Å²) in [5.41, 5.74) is 3.33. The molecule has 1 atom stereocenters. The Kier molecular flexibility index (Phi) is 5.54. The van der Waals surface area contributed by atoms with Gasteiger partial charge in [-0.05, 0) is 36.8 Å². The Balaban J connectivity index is 1.60. The smallest absolute Gasteiger partial charge is 0.251 e. The third kappa shape index (κ3) is 4.34. The van der Waals surface area contributed by atoms with E-state index in [1.165, 1.54) is 0 Å². The van der Waals surface area contributed by atoms with Crippen LogP contribution in [-0.4, -0.2) is 31.3 Å². The van der Waals surface area contributed by atoms with Gasteiger partial charge in [-0.15, -0.1) is 0 Å². The van der Waals surface area contributed by atoms with Crippen molar-refractivity contribution in [3.63, 3.8) is 0 Å². The van der Waals surface area contributed by atoms with E-state index >= 15 is 0 Å². The first-order chi connectivity index (χ1) is 13.0. The van der Waals surface area contributed by atoms with Crippen LogP contribution in [0, 0.1) is 12.8 Å². The molecule has 3 amide bonds. The lowest BCUT2D eigenvalue weighted by Crippen LogP contribution is -2.32. The predicted molar refractivity (Wildman–Crippen MR) is 103 cm³/mol. The van der Waals surface area contributed by atoms with Crippen LogP contribution in [0.4, 0.5) is 5.69 Å². The second-order valence-electron chi connectivity index (χ2n) is 6.74. The maximum absolute atomic E-state index is 12.5. The second kappa shape index (κ2) is 8.03. The highest BCUT2D eigenvalue weighted by Gasteiger charge is 2.34. The summed E-state index contributed by atoms with van der Waals surface area (Å²) in [6.07, 6.45) is 0.206. The molecule has 140 valence electrons. The Morgan fingerprint density at radius 2 is 1.89 bits per heavy atom. The second-order valence-corrected chi connectivity index (χ2v) is 6.74. The Bertz CT molecular complexity index is 861. The molecule has 1 heterocycles. The lowest BCUT2D eigenvalue weighted by Gasteiger charge is -2.17. The van der Waals surface area contributed by atoms with E-state index in [0.717, 1.165) is 16.8 Å². The van der Waals surface area contributed by atoms with Crippen molar-refractivity contribution in [3.8, 4) is 0 Å². The number of rotatable bonds is 5. The van der Waals surface area contributed by atoms with Gasteiger partial charge in [0.15, 0.2) is 0 Å². The minimum atomic E-state index is -0.374. The van der Waals surface area contributed by atoms with Crippen LogP contribution >= 0.6 is 0 Å². The van der Waals surface area contributed by atoms with Gasteiger partial charge in [-0.2, -0.15) is 0 Å². The number of anilines is 1. The van der Waals surface area contributed by atoms with Crippen molar-refractivity contribution in [1.82, 2.24) is 10.6 Å². The van der Waals surface area contributed by atoms with E-state index in [1.807, 2.05) is 37.3 Å². The molecule has 3 rings (SSSR count). The fraction of sp³-hybridized carbons (Fsp3) is 0.286. The molecule has 27 heavy (non-hydrogen) atoms. The van der Waals surface area contributed by atoms with Gasteiger partial charge in [-0.1, -0.05) is 29.8 Å². The zero-order valence-corrected chi connectivity index (χ0v) is 15.5. The lowest BCUT2D eigenvalue weighted by molar-refractivity contribution is -0.126. The van der Waals surface area contributed by atoms with Crippen molar-refractivity contribution in [3.05, 3.63) is 65.2 Å². The molecule has 0 aliphatic carbocycles. The van der Waals surface area contributed by atoms with Crippen LogP contribution in [0.5, 0.6) is 0 Å². The highest BCUT2D eigenvalue weighted by Crippen LogP contribution is 2.25. The van der Waals surface area contributed by atoms with E-state index in [2.05, 4.69) is 10.6 Å². The van der Waals surface area contributed by atoms with Gasteiger partial charge in [0, 0.05) is 37.8 Å². The molecule has 1 aliphatic heterocycles. The minimum Gasteiger partial charge on any atom is -0.355 e. The average molecular weight is 365 g/mol. The normalized spacial score (nSPS) is 16.3. The number of amides is 3. The standard InChI is InChI=1S/C21H23N3O3/c1-14-6-8-18(9-7-14)24-13-17(11-19(24)25)21(27)23-12-15-4-3-5-16(10-15)20(26)22-2/h3-10,17H,11-13H2,1-2H3,(H,22,26)(H,23,27). The summed E-state index contributed by atoms with van der Waals surface area (Å²) in [6, 6.07) is 14.8. The first-order valence-corrected chi connectivity index (χ1v) is 8.93. The molecule has 0 aromatic heterocycles. The first kappa shape index (κ1) is 18.6. The molecule has 1 fully saturated rings. The molecular formula is C21H23N3O3. The fourth-order valence-electron chi connectivity index (χ4n) is 3.16. The van der Waals surface area contributed by atoms with Crippen LogP contribution in [0.3, 0.4) is 0 Å². The molecule has 1 aliphatic rings. The van der Waals surface area contributed by atoms with Gasteiger partial charge in [-0.3, -0.25) is 14.4 Å². The molecule has 2 aromatic rings. The van der Waals surface area contributed by atoms with Gasteiger partial charge in [0.1, 0.15) is 0 Å². The van der Waals surface area contributed by atoms with Gasteiger partial charge < -0.3 is 15.5 Å². The van der Waals surface area contributed by atoms with Crippen LogP contribution < -0.4 is 15.5 Å². The van der Waals surface area contributed by atoms with Gasteiger partial charge >= 0.3 is 0 Å². The number of carbonyl (C=O) groups is 3. The predicted octanol–water partition coefficient (Wildman–Crippen LogP) is 2.02. The van der Waals surface area contributed by atoms with Crippen LogP contribution in [0.15, 0.2) is 48.5 Å². The maximum Gasteiger partial charge on any atom is 0.251 e. The van der Waals surface area contributed by atoms with Crippen LogP contribution in [0.25, 0.3) is 0 Å². The zero-order chi connectivity index (χ0) is 19.4. The molecule has 0 radical (unpaired) electrons. The van der Waals surface area contributed by atoms with Crippen molar-refractivity contribution in [1.29, 1.82) is 0 Å².